The van der Waals surface area contributed by atoms with Crippen molar-refractivity contribution in [1.29, 1.82) is 0 Å². The van der Waals surface area contributed by atoms with Crippen molar-refractivity contribution in [1.82, 2.24) is 15.0 Å². The number of hydrogen-bond acceptors (Lipinski definition) is 5. The lowest BCUT2D eigenvalue weighted by Gasteiger charge is -2.12. The summed E-state index contributed by atoms with van der Waals surface area (Å²) in [6, 6.07) is 53.2. The molecule has 11 aromatic rings. The largest absolute Gasteiger partial charge is 0.455 e. The molecule has 0 saturated carbocycles. The Hall–Kier alpha value is -6.43. The molecule has 0 saturated heterocycles. The maximum Gasteiger partial charge on any atom is 0.164 e. The van der Waals surface area contributed by atoms with Gasteiger partial charge in [-0.2, -0.15) is 0 Å². The van der Waals surface area contributed by atoms with Gasteiger partial charge in [0.2, 0.25) is 0 Å². The van der Waals surface area contributed by atoms with Crippen molar-refractivity contribution in [3.63, 3.8) is 0 Å². The first-order valence-electron chi connectivity index (χ1n) is 16.7. The van der Waals surface area contributed by atoms with Crippen molar-refractivity contribution >= 4 is 85.8 Å². The van der Waals surface area contributed by atoms with Gasteiger partial charge in [-0.05, 0) is 64.0 Å². The van der Waals surface area contributed by atoms with Crippen molar-refractivity contribution in [2.75, 3.05) is 0 Å². The number of benzene rings is 8. The molecule has 0 spiro atoms. The number of nitrogens with zero attached hydrogens (tertiary/aromatic N) is 3. The Morgan fingerprint density at radius 3 is 1.80 bits per heavy atom. The highest BCUT2D eigenvalue weighted by atomic mass is 32.1. The molecule has 0 amide bonds. The third-order valence-corrected chi connectivity index (χ3v) is 11.0. The molecule has 232 valence electrons. The van der Waals surface area contributed by atoms with Gasteiger partial charge in [0.15, 0.2) is 17.5 Å². The first-order chi connectivity index (χ1) is 24.8. The lowest BCUT2D eigenvalue weighted by atomic mass is 9.92. The van der Waals surface area contributed by atoms with Gasteiger partial charge < -0.3 is 4.42 Å². The molecular formula is C45H25N3OS. The van der Waals surface area contributed by atoms with Gasteiger partial charge in [-0.25, -0.2) is 15.0 Å². The first kappa shape index (κ1) is 27.5. The molecule has 0 aliphatic carbocycles. The number of furan rings is 1. The van der Waals surface area contributed by atoms with E-state index in [4.69, 9.17) is 19.4 Å². The van der Waals surface area contributed by atoms with E-state index >= 15 is 0 Å². The van der Waals surface area contributed by atoms with E-state index in [2.05, 4.69) is 127 Å². The van der Waals surface area contributed by atoms with Crippen molar-refractivity contribution in [3.8, 4) is 34.2 Å². The van der Waals surface area contributed by atoms with E-state index in [0.29, 0.717) is 17.5 Å². The Kier molecular flexibility index (Phi) is 5.80. The summed E-state index contributed by atoms with van der Waals surface area (Å²) >= 11 is 1.81. The third kappa shape index (κ3) is 4.08. The van der Waals surface area contributed by atoms with Crippen molar-refractivity contribution in [3.05, 3.63) is 152 Å². The van der Waals surface area contributed by atoms with Crippen LogP contribution < -0.4 is 0 Å². The molecule has 0 aliphatic rings. The molecule has 4 nitrogen and oxygen atoms in total. The van der Waals surface area contributed by atoms with Gasteiger partial charge in [-0.1, -0.05) is 109 Å². The van der Waals surface area contributed by atoms with Gasteiger partial charge in [-0.15, -0.1) is 11.3 Å². The number of hydrogen-bond donors (Lipinski definition) is 0. The smallest absolute Gasteiger partial charge is 0.164 e. The van der Waals surface area contributed by atoms with E-state index in [1.165, 1.54) is 41.7 Å². The number of fused-ring (bicyclic) bond motifs is 13. The molecule has 11 rings (SSSR count). The van der Waals surface area contributed by atoms with Crippen LogP contribution in [0.25, 0.3) is 109 Å². The third-order valence-electron chi connectivity index (χ3n) is 9.89. The fraction of sp³-hybridized carbons (Fsp3) is 0. The molecule has 0 bridgehead atoms. The zero-order valence-electron chi connectivity index (χ0n) is 26.6. The minimum Gasteiger partial charge on any atom is -0.455 e. The molecule has 3 aromatic heterocycles. The summed E-state index contributed by atoms with van der Waals surface area (Å²) in [5, 5.41) is 11.8. The van der Waals surface area contributed by atoms with Crippen LogP contribution in [0.15, 0.2) is 156 Å². The molecular weight excluding hydrogens is 631 g/mol. The average molecular weight is 656 g/mol. The summed E-state index contributed by atoms with van der Waals surface area (Å²) in [4.78, 5) is 15.2. The second kappa shape index (κ2) is 10.5. The summed E-state index contributed by atoms with van der Waals surface area (Å²) in [5.41, 5.74) is 4.69. The predicted octanol–water partition coefficient (Wildman–Crippen LogP) is 12.6. The lowest BCUT2D eigenvalue weighted by Crippen LogP contribution is -2.00. The van der Waals surface area contributed by atoms with Crippen LogP contribution in [0.5, 0.6) is 0 Å². The van der Waals surface area contributed by atoms with E-state index in [9.17, 15) is 0 Å². The van der Waals surface area contributed by atoms with Gasteiger partial charge in [0.1, 0.15) is 11.2 Å². The van der Waals surface area contributed by atoms with E-state index < -0.39 is 0 Å². The molecule has 0 radical (unpaired) electrons. The standard InChI is InChI=1S/C45H25N3OS/c1-2-10-26(11-3-1)43-46-44(48-45(47-43)29-20-23-39-36(25-29)31-12-7-9-17-38(31)50-39)28-19-21-30-27(24-28)18-22-35-40(30)32-13-4-5-14-33(32)41-34-15-6-8-16-37(34)49-42(35)41/h1-25H. The Labute approximate surface area is 289 Å². The molecule has 50 heavy (non-hydrogen) atoms. The first-order valence-corrected chi connectivity index (χ1v) is 17.5. The Balaban J connectivity index is 1.13. The zero-order chi connectivity index (χ0) is 32.8. The molecule has 8 aromatic carbocycles. The van der Waals surface area contributed by atoms with Gasteiger partial charge in [0, 0.05) is 58.4 Å². The molecule has 0 unspecified atom stereocenters. The number of para-hydroxylation sites is 1. The minimum atomic E-state index is 0.642. The molecule has 0 aliphatic heterocycles. The van der Waals surface area contributed by atoms with E-state index in [1.807, 2.05) is 35.6 Å². The van der Waals surface area contributed by atoms with Crippen LogP contribution in [-0.2, 0) is 0 Å². The summed E-state index contributed by atoms with van der Waals surface area (Å²) in [7, 11) is 0. The maximum atomic E-state index is 6.55. The van der Waals surface area contributed by atoms with E-state index in [1.54, 1.807) is 0 Å². The summed E-state index contributed by atoms with van der Waals surface area (Å²) in [6.07, 6.45) is 0. The van der Waals surface area contributed by atoms with Gasteiger partial charge >= 0.3 is 0 Å². The number of aromatic nitrogens is 3. The normalized spacial score (nSPS) is 12.0. The monoisotopic (exact) mass is 655 g/mol. The minimum absolute atomic E-state index is 0.642. The van der Waals surface area contributed by atoms with Gasteiger partial charge in [0.05, 0.1) is 0 Å². The Morgan fingerprint density at radius 2 is 0.980 bits per heavy atom. The van der Waals surface area contributed by atoms with Crippen molar-refractivity contribution in [2.45, 2.75) is 0 Å². The van der Waals surface area contributed by atoms with Crippen LogP contribution in [0.2, 0.25) is 0 Å². The molecule has 0 N–H and O–H groups in total. The summed E-state index contributed by atoms with van der Waals surface area (Å²) in [5.74, 6) is 1.95. The average Bonchev–Trinajstić information content (AvgIpc) is 3.76. The SMILES string of the molecule is c1ccc(-c2nc(-c3ccc4c(ccc5c6oc7ccccc7c6c6ccccc6c45)c3)nc(-c3ccc4sc5ccccc5c4c3)n2)cc1. The fourth-order valence-corrected chi connectivity index (χ4v) is 8.67. The van der Waals surface area contributed by atoms with E-state index in [0.717, 1.165) is 49.4 Å². The van der Waals surface area contributed by atoms with Crippen LogP contribution in [0, 0.1) is 0 Å². The predicted molar refractivity (Wildman–Crippen MR) is 209 cm³/mol. The molecule has 0 fully saturated rings. The number of rotatable bonds is 3. The van der Waals surface area contributed by atoms with Crippen LogP contribution in [0.3, 0.4) is 0 Å². The van der Waals surface area contributed by atoms with Crippen LogP contribution in [-0.4, -0.2) is 15.0 Å². The molecule has 3 heterocycles. The second-order valence-corrected chi connectivity index (χ2v) is 13.8. The fourth-order valence-electron chi connectivity index (χ4n) is 7.59. The zero-order valence-corrected chi connectivity index (χ0v) is 27.4. The lowest BCUT2D eigenvalue weighted by molar-refractivity contribution is 0.673. The van der Waals surface area contributed by atoms with Crippen LogP contribution in [0.1, 0.15) is 0 Å². The van der Waals surface area contributed by atoms with Gasteiger partial charge in [0.25, 0.3) is 0 Å². The highest BCUT2D eigenvalue weighted by molar-refractivity contribution is 7.25. The highest BCUT2D eigenvalue weighted by Gasteiger charge is 2.19. The topological polar surface area (TPSA) is 51.8 Å². The van der Waals surface area contributed by atoms with Crippen LogP contribution in [0.4, 0.5) is 0 Å². The highest BCUT2D eigenvalue weighted by Crippen LogP contribution is 2.43. The molecule has 5 heteroatoms. The van der Waals surface area contributed by atoms with E-state index in [-0.39, 0.29) is 0 Å². The molecule has 0 atom stereocenters. The summed E-state index contributed by atoms with van der Waals surface area (Å²) in [6.45, 7) is 0. The van der Waals surface area contributed by atoms with Crippen molar-refractivity contribution < 1.29 is 4.42 Å². The van der Waals surface area contributed by atoms with Crippen LogP contribution >= 0.6 is 11.3 Å². The van der Waals surface area contributed by atoms with Crippen molar-refractivity contribution in [2.24, 2.45) is 0 Å². The second-order valence-electron chi connectivity index (χ2n) is 12.8. The maximum absolute atomic E-state index is 6.55. The number of thiophene rings is 1. The summed E-state index contributed by atoms with van der Waals surface area (Å²) < 4.78 is 9.07. The Bertz CT molecular complexity index is 3160. The Morgan fingerprint density at radius 1 is 0.380 bits per heavy atom. The quantitative estimate of drug-likeness (QED) is 0.178. The van der Waals surface area contributed by atoms with Gasteiger partial charge in [-0.3, -0.25) is 0 Å².